The third-order valence-corrected chi connectivity index (χ3v) is 9.38. The number of fused-ring (bicyclic) bond motifs is 3. The first-order valence-electron chi connectivity index (χ1n) is 19.1. The normalized spacial score (nSPS) is 13.5. The van der Waals surface area contributed by atoms with Crippen molar-refractivity contribution in [3.05, 3.63) is 123 Å². The number of aliphatic imine (C=N–C) groups is 2. The van der Waals surface area contributed by atoms with Crippen molar-refractivity contribution in [3.63, 3.8) is 0 Å². The van der Waals surface area contributed by atoms with E-state index in [4.69, 9.17) is 22.5 Å². The number of nitrogens with two attached hydrogens (primary N) is 3. The number of thiocarbonyl (C=S) groups is 1. The summed E-state index contributed by atoms with van der Waals surface area (Å²) in [5, 5.41) is 24.0. The molecule has 0 unspecified atom stereocenters. The Hall–Kier alpha value is -5.45. The summed E-state index contributed by atoms with van der Waals surface area (Å²) >= 11 is 5.94. The number of amidine groups is 1. The molecule has 13 heteroatoms. The number of thioether (sulfide) groups is 1. The number of nitriles is 1. The molecule has 11 N–H and O–H groups in total. The van der Waals surface area contributed by atoms with Gasteiger partial charge in [0, 0.05) is 53.8 Å². The van der Waals surface area contributed by atoms with E-state index < -0.39 is 0 Å². The zero-order valence-corrected chi connectivity index (χ0v) is 37.2. The molecule has 3 aliphatic heterocycles. The van der Waals surface area contributed by atoms with Gasteiger partial charge in [0.25, 0.3) is 0 Å². The zero-order chi connectivity index (χ0) is 42.8. The lowest BCUT2D eigenvalue weighted by Gasteiger charge is -2.20. The van der Waals surface area contributed by atoms with Gasteiger partial charge in [0.1, 0.15) is 0 Å². The second-order valence-electron chi connectivity index (χ2n) is 13.1. The molecular formula is C44H65N11S2. The first kappa shape index (κ1) is 49.6. The third kappa shape index (κ3) is 19.8. The molecule has 57 heavy (non-hydrogen) atoms. The smallest absolute Gasteiger partial charge is 0.202 e. The minimum absolute atomic E-state index is 0.176. The van der Waals surface area contributed by atoms with E-state index in [-0.39, 0.29) is 5.96 Å². The number of para-hydroxylation sites is 3. The maximum Gasteiger partial charge on any atom is 0.202 e. The number of nitrogens with one attached hydrogen (secondary N) is 5. The number of allylic oxidation sites excluding steroid dienone is 6. The molecule has 0 saturated heterocycles. The van der Waals surface area contributed by atoms with Crippen LogP contribution in [-0.4, -0.2) is 42.1 Å². The van der Waals surface area contributed by atoms with Crippen molar-refractivity contribution < 1.29 is 0 Å². The van der Waals surface area contributed by atoms with Gasteiger partial charge in [-0.05, 0) is 152 Å². The van der Waals surface area contributed by atoms with E-state index in [1.807, 2.05) is 27.0 Å². The number of rotatable bonds is 3. The van der Waals surface area contributed by atoms with Gasteiger partial charge in [0.2, 0.25) is 5.96 Å². The molecule has 3 aromatic carbocycles. The fourth-order valence-corrected chi connectivity index (χ4v) is 5.63. The van der Waals surface area contributed by atoms with Crippen LogP contribution in [-0.2, 0) is 19.3 Å². The average molecular weight is 812 g/mol. The molecule has 0 fully saturated rings. The molecule has 0 saturated carbocycles. The molecule has 3 aromatic rings. The number of anilines is 3. The number of hydrogen-bond acceptors (Lipinski definition) is 8. The molecular weight excluding hydrogens is 747 g/mol. The Balaban J connectivity index is 0.000000350. The van der Waals surface area contributed by atoms with Gasteiger partial charge in [-0.25, -0.2) is 0 Å². The lowest BCUT2D eigenvalue weighted by molar-refractivity contribution is 0.973. The number of nitrogens with zero attached hydrogens (tertiary/aromatic N) is 3. The highest BCUT2D eigenvalue weighted by Gasteiger charge is 2.12. The van der Waals surface area contributed by atoms with E-state index in [1.54, 1.807) is 6.19 Å². The van der Waals surface area contributed by atoms with Crippen LogP contribution in [0.25, 0.3) is 0 Å². The fraction of sp³-hybridized carbons (Fsp3) is 0.364. The molecule has 3 aliphatic rings. The van der Waals surface area contributed by atoms with Crippen LogP contribution in [0, 0.1) is 11.5 Å². The van der Waals surface area contributed by atoms with E-state index >= 15 is 0 Å². The summed E-state index contributed by atoms with van der Waals surface area (Å²) in [6, 6.07) is 25.4. The minimum atomic E-state index is 0.176. The monoisotopic (exact) mass is 811 g/mol. The predicted octanol–water partition coefficient (Wildman–Crippen LogP) is 8.76. The quantitative estimate of drug-likeness (QED) is 0.0416. The van der Waals surface area contributed by atoms with E-state index in [0.29, 0.717) is 16.8 Å². The SMILES string of the molecule is CC1=C(C)Nc2ccccc2C1.CC1=C(C)Nc2ccccc2C1.CC1=C(C)Nc2ccccc2C1.CCN=C(N)NC#N.CCN=C(N)SC.CCNC(N)=S. The lowest BCUT2D eigenvalue weighted by atomic mass is 9.99. The summed E-state index contributed by atoms with van der Waals surface area (Å²) < 4.78 is 0. The largest absolute Gasteiger partial charge is 0.379 e. The molecule has 6 rings (SSSR count). The summed E-state index contributed by atoms with van der Waals surface area (Å²) in [5.74, 6) is 0.176. The first-order chi connectivity index (χ1) is 27.2. The zero-order valence-electron chi connectivity index (χ0n) is 35.6. The summed E-state index contributed by atoms with van der Waals surface area (Å²) in [6.45, 7) is 20.9. The molecule has 11 nitrogen and oxygen atoms in total. The Morgan fingerprint density at radius 1 is 0.667 bits per heavy atom. The van der Waals surface area contributed by atoms with Gasteiger partial charge in [-0.15, -0.1) is 0 Å². The molecule has 308 valence electrons. The van der Waals surface area contributed by atoms with Crippen LogP contribution in [0.1, 0.15) is 79.0 Å². The van der Waals surface area contributed by atoms with Gasteiger partial charge in [-0.1, -0.05) is 66.4 Å². The summed E-state index contributed by atoms with van der Waals surface area (Å²) in [5.41, 5.74) is 31.6. The highest BCUT2D eigenvalue weighted by atomic mass is 32.2. The van der Waals surface area contributed by atoms with Gasteiger partial charge in [0.05, 0.1) is 0 Å². The van der Waals surface area contributed by atoms with Crippen LogP contribution >= 0.6 is 24.0 Å². The standard InChI is InChI=1S/3C11H13N.C4H8N4.C4H10N2S.C3H8N2S/c3*1-8-7-10-5-3-4-6-11(10)12-9(8)2;1-2-7-4(6)8-3-5;1-3-6-4(5)7-2;1-2-5-3(4)6/h3*3-6,12H,7H2,1-2H3;2H2,1H3,(H3,6,7,8);3H2,1-2H3,(H2,5,6);2H2,1H3,(H3,4,5,6). The Bertz CT molecular complexity index is 1660. The summed E-state index contributed by atoms with van der Waals surface area (Å²) in [7, 11) is 0. The molecule has 0 bridgehead atoms. The van der Waals surface area contributed by atoms with Crippen LogP contribution in [0.15, 0.2) is 117 Å². The average Bonchev–Trinajstić information content (AvgIpc) is 3.18. The van der Waals surface area contributed by atoms with E-state index in [1.165, 1.54) is 79.3 Å². The topological polar surface area (TPSA) is 187 Å². The van der Waals surface area contributed by atoms with Crippen LogP contribution < -0.4 is 43.8 Å². The van der Waals surface area contributed by atoms with Crippen LogP contribution in [0.2, 0.25) is 0 Å². The van der Waals surface area contributed by atoms with Gasteiger partial charge >= 0.3 is 0 Å². The van der Waals surface area contributed by atoms with Crippen LogP contribution in [0.5, 0.6) is 0 Å². The molecule has 0 amide bonds. The van der Waals surface area contributed by atoms with Crippen molar-refractivity contribution >= 4 is 57.3 Å². The summed E-state index contributed by atoms with van der Waals surface area (Å²) in [6.07, 6.45) is 6.83. The predicted molar refractivity (Wildman–Crippen MR) is 253 cm³/mol. The van der Waals surface area contributed by atoms with Gasteiger partial charge in [0.15, 0.2) is 16.5 Å². The van der Waals surface area contributed by atoms with Gasteiger partial charge in [-0.3, -0.25) is 15.3 Å². The molecule has 3 heterocycles. The Labute approximate surface area is 351 Å². The van der Waals surface area contributed by atoms with Crippen molar-refractivity contribution in [1.82, 2.24) is 10.6 Å². The maximum atomic E-state index is 7.94. The third-order valence-electron chi connectivity index (χ3n) is 8.69. The Kier molecular flexibility index (Phi) is 24.4. The van der Waals surface area contributed by atoms with Crippen molar-refractivity contribution in [2.24, 2.45) is 27.2 Å². The second-order valence-corrected chi connectivity index (χ2v) is 14.4. The number of hydrogen-bond donors (Lipinski definition) is 8. The van der Waals surface area contributed by atoms with Crippen molar-refractivity contribution in [3.8, 4) is 6.19 Å². The highest BCUT2D eigenvalue weighted by Crippen LogP contribution is 2.28. The number of benzene rings is 3. The first-order valence-corrected chi connectivity index (χ1v) is 20.7. The minimum Gasteiger partial charge on any atom is -0.379 e. The second kappa shape index (κ2) is 28.0. The molecule has 0 radical (unpaired) electrons. The van der Waals surface area contributed by atoms with Gasteiger partial charge < -0.3 is 38.5 Å². The van der Waals surface area contributed by atoms with E-state index in [0.717, 1.165) is 32.4 Å². The molecule has 0 spiro atoms. The van der Waals surface area contributed by atoms with Crippen molar-refractivity contribution in [1.29, 1.82) is 5.26 Å². The molecule has 0 aliphatic carbocycles. The van der Waals surface area contributed by atoms with Crippen LogP contribution in [0.4, 0.5) is 17.1 Å². The Morgan fingerprint density at radius 2 is 1.02 bits per heavy atom. The lowest BCUT2D eigenvalue weighted by Crippen LogP contribution is -2.28. The fourth-order valence-electron chi connectivity index (χ4n) is 5.23. The number of guanidine groups is 1. The van der Waals surface area contributed by atoms with E-state index in [9.17, 15) is 0 Å². The molecule has 0 aromatic heterocycles. The van der Waals surface area contributed by atoms with Crippen molar-refractivity contribution in [2.75, 3.05) is 41.8 Å². The Morgan fingerprint density at radius 3 is 1.26 bits per heavy atom. The molecule has 0 atom stereocenters. The summed E-state index contributed by atoms with van der Waals surface area (Å²) in [4.78, 5) is 7.58. The van der Waals surface area contributed by atoms with E-state index in [2.05, 4.69) is 163 Å². The van der Waals surface area contributed by atoms with Crippen molar-refractivity contribution in [2.45, 2.75) is 81.6 Å². The van der Waals surface area contributed by atoms with Gasteiger partial charge in [-0.2, -0.15) is 5.26 Å². The van der Waals surface area contributed by atoms with Crippen LogP contribution in [0.3, 0.4) is 0 Å². The highest BCUT2D eigenvalue weighted by molar-refractivity contribution is 8.13. The maximum absolute atomic E-state index is 7.94.